The SMILES string of the molecule is Cn1cc2cc(Oc3ccc(C(F)(F)F)cc3)cc([C@@H]3C[C@H]3C(=O)N3CC4CC(C3)N4)c2n1. The van der Waals surface area contributed by atoms with E-state index in [2.05, 4.69) is 10.4 Å². The largest absolute Gasteiger partial charge is 0.457 e. The first-order chi connectivity index (χ1) is 15.7. The quantitative estimate of drug-likeness (QED) is 0.643. The highest BCUT2D eigenvalue weighted by Crippen LogP contribution is 2.51. The molecule has 9 heteroatoms. The molecule has 7 rings (SSSR count). The zero-order valence-electron chi connectivity index (χ0n) is 18.0. The lowest BCUT2D eigenvalue weighted by Crippen LogP contribution is -2.67. The van der Waals surface area contributed by atoms with Crippen LogP contribution < -0.4 is 10.1 Å². The van der Waals surface area contributed by atoms with Crippen LogP contribution in [0.25, 0.3) is 10.9 Å². The monoisotopic (exact) mass is 456 g/mol. The summed E-state index contributed by atoms with van der Waals surface area (Å²) in [6, 6.07) is 9.19. The molecule has 33 heavy (non-hydrogen) atoms. The fourth-order valence-corrected chi connectivity index (χ4v) is 5.18. The van der Waals surface area contributed by atoms with Gasteiger partial charge in [0.1, 0.15) is 11.5 Å². The zero-order valence-corrected chi connectivity index (χ0v) is 18.0. The van der Waals surface area contributed by atoms with E-state index in [1.807, 2.05) is 30.3 Å². The summed E-state index contributed by atoms with van der Waals surface area (Å²) in [5.74, 6) is 1.05. The average molecular weight is 456 g/mol. The maximum absolute atomic E-state index is 13.1. The second-order valence-electron chi connectivity index (χ2n) is 9.37. The van der Waals surface area contributed by atoms with Gasteiger partial charge >= 0.3 is 6.18 Å². The fraction of sp³-hybridized carbons (Fsp3) is 0.417. The molecule has 1 saturated carbocycles. The van der Waals surface area contributed by atoms with E-state index in [0.29, 0.717) is 23.6 Å². The van der Waals surface area contributed by atoms with Gasteiger partial charge in [-0.25, -0.2) is 0 Å². The minimum atomic E-state index is -4.39. The van der Waals surface area contributed by atoms with Crippen molar-refractivity contribution in [1.82, 2.24) is 20.0 Å². The van der Waals surface area contributed by atoms with Gasteiger partial charge in [0.05, 0.1) is 11.1 Å². The molecule has 1 amide bonds. The predicted octanol–water partition coefficient (Wildman–Crippen LogP) is 4.06. The topological polar surface area (TPSA) is 59.4 Å². The molecule has 4 heterocycles. The number of aromatic nitrogens is 2. The first kappa shape index (κ1) is 20.5. The summed E-state index contributed by atoms with van der Waals surface area (Å²) in [5, 5.41) is 8.91. The van der Waals surface area contributed by atoms with Crippen LogP contribution in [-0.2, 0) is 18.0 Å². The number of rotatable bonds is 4. The normalized spacial score (nSPS) is 26.2. The van der Waals surface area contributed by atoms with Crippen LogP contribution in [0, 0.1) is 5.92 Å². The highest BCUT2D eigenvalue weighted by atomic mass is 19.4. The molecule has 1 N–H and O–H groups in total. The van der Waals surface area contributed by atoms with Crippen LogP contribution in [0.15, 0.2) is 42.6 Å². The number of fused-ring (bicyclic) bond motifs is 3. The molecule has 4 atom stereocenters. The molecule has 6 nitrogen and oxygen atoms in total. The Morgan fingerprint density at radius 3 is 2.45 bits per heavy atom. The number of amides is 1. The second-order valence-corrected chi connectivity index (χ2v) is 9.37. The Hall–Kier alpha value is -3.07. The lowest BCUT2D eigenvalue weighted by molar-refractivity contribution is -0.138. The van der Waals surface area contributed by atoms with E-state index in [1.165, 1.54) is 12.1 Å². The summed E-state index contributed by atoms with van der Waals surface area (Å²) in [6.45, 7) is 1.54. The number of hydrogen-bond acceptors (Lipinski definition) is 4. The molecule has 0 radical (unpaired) electrons. The highest BCUT2D eigenvalue weighted by Gasteiger charge is 2.49. The highest BCUT2D eigenvalue weighted by molar-refractivity contribution is 5.88. The molecular formula is C24H23F3N4O2. The molecule has 3 aliphatic heterocycles. The van der Waals surface area contributed by atoms with Gasteiger partial charge in [-0.15, -0.1) is 0 Å². The van der Waals surface area contributed by atoms with Gasteiger partial charge in [-0.3, -0.25) is 9.48 Å². The van der Waals surface area contributed by atoms with Crippen LogP contribution >= 0.6 is 0 Å². The Kier molecular flexibility index (Phi) is 4.49. The summed E-state index contributed by atoms with van der Waals surface area (Å²) < 4.78 is 46.2. The van der Waals surface area contributed by atoms with E-state index in [0.717, 1.165) is 54.5 Å². The van der Waals surface area contributed by atoms with Crippen molar-refractivity contribution < 1.29 is 22.7 Å². The van der Waals surface area contributed by atoms with Crippen molar-refractivity contribution in [3.63, 3.8) is 0 Å². The lowest BCUT2D eigenvalue weighted by atomic mass is 9.91. The maximum Gasteiger partial charge on any atom is 0.416 e. The van der Waals surface area contributed by atoms with Crippen LogP contribution in [-0.4, -0.2) is 45.8 Å². The van der Waals surface area contributed by atoms with E-state index in [1.54, 1.807) is 4.68 Å². The third-order valence-corrected chi connectivity index (χ3v) is 6.88. The standard InChI is InChI=1S/C24H23F3N4O2/c1-30-10-13-6-18(33-17-4-2-14(3-5-17)24(25,26)27)8-20(22(13)29-30)19-9-21(19)23(32)31-11-15-7-16(12-31)28-15/h2-6,8,10,15-16,19,21,28H,7,9,11-12H2,1H3/t15?,16?,19-,21+/m0/s1. The molecule has 3 aromatic rings. The molecule has 172 valence electrons. The number of aryl methyl sites for hydroxylation is 1. The van der Waals surface area contributed by atoms with Crippen molar-refractivity contribution in [3.05, 3.63) is 53.7 Å². The van der Waals surface area contributed by atoms with Gasteiger partial charge in [-0.2, -0.15) is 18.3 Å². The molecule has 1 aromatic heterocycles. The molecule has 2 aromatic carbocycles. The predicted molar refractivity (Wildman–Crippen MR) is 115 cm³/mol. The van der Waals surface area contributed by atoms with Gasteiger partial charge < -0.3 is 15.0 Å². The molecule has 4 fully saturated rings. The number of ether oxygens (including phenoxy) is 1. The van der Waals surface area contributed by atoms with Crippen molar-refractivity contribution in [1.29, 1.82) is 0 Å². The number of carbonyl (C=O) groups excluding carboxylic acids is 1. The van der Waals surface area contributed by atoms with Gasteiger partial charge in [-0.05, 0) is 60.7 Å². The Bertz CT molecular complexity index is 1220. The Labute approximate surface area is 188 Å². The third-order valence-electron chi connectivity index (χ3n) is 6.88. The van der Waals surface area contributed by atoms with Crippen molar-refractivity contribution in [2.24, 2.45) is 13.0 Å². The summed E-state index contributed by atoms with van der Waals surface area (Å²) in [4.78, 5) is 15.1. The number of benzene rings is 2. The number of alkyl halides is 3. The molecule has 4 aliphatic rings. The molecule has 0 spiro atoms. The number of hydrogen-bond donors (Lipinski definition) is 1. The molecule has 3 saturated heterocycles. The number of nitrogens with one attached hydrogen (secondary N) is 1. The van der Waals surface area contributed by atoms with E-state index in [-0.39, 0.29) is 17.7 Å². The van der Waals surface area contributed by atoms with Crippen LogP contribution in [0.5, 0.6) is 11.5 Å². The van der Waals surface area contributed by atoms with Gasteiger partial charge in [0.2, 0.25) is 5.91 Å². The van der Waals surface area contributed by atoms with Crippen molar-refractivity contribution in [3.8, 4) is 11.5 Å². The molecule has 2 unspecified atom stereocenters. The summed E-state index contributed by atoms with van der Waals surface area (Å²) in [6.07, 6.45) is -0.594. The number of nitrogens with zero attached hydrogens (tertiary/aromatic N) is 3. The first-order valence-electron chi connectivity index (χ1n) is 11.1. The number of piperazine rings is 1. The number of halogens is 3. The first-order valence-corrected chi connectivity index (χ1v) is 11.1. The van der Waals surface area contributed by atoms with Crippen molar-refractivity contribution in [2.75, 3.05) is 13.1 Å². The van der Waals surface area contributed by atoms with Crippen LogP contribution in [0.1, 0.15) is 29.9 Å². The van der Waals surface area contributed by atoms with Gasteiger partial charge in [0, 0.05) is 49.7 Å². The number of piperidine rings is 1. The fourth-order valence-electron chi connectivity index (χ4n) is 5.18. The summed E-state index contributed by atoms with van der Waals surface area (Å²) >= 11 is 0. The van der Waals surface area contributed by atoms with Crippen LogP contribution in [0.2, 0.25) is 0 Å². The van der Waals surface area contributed by atoms with Crippen molar-refractivity contribution >= 4 is 16.8 Å². The Morgan fingerprint density at radius 1 is 1.09 bits per heavy atom. The lowest BCUT2D eigenvalue weighted by Gasteiger charge is -2.48. The van der Waals surface area contributed by atoms with E-state index < -0.39 is 11.7 Å². The zero-order chi connectivity index (χ0) is 22.9. The van der Waals surface area contributed by atoms with Gasteiger partial charge in [0.25, 0.3) is 0 Å². The van der Waals surface area contributed by atoms with Gasteiger partial charge in [-0.1, -0.05) is 0 Å². The Balaban J connectivity index is 1.25. The summed E-state index contributed by atoms with van der Waals surface area (Å²) in [7, 11) is 1.84. The van der Waals surface area contributed by atoms with E-state index in [4.69, 9.17) is 4.74 Å². The third kappa shape index (κ3) is 3.74. The van der Waals surface area contributed by atoms with Gasteiger partial charge in [0.15, 0.2) is 0 Å². The minimum Gasteiger partial charge on any atom is -0.457 e. The van der Waals surface area contributed by atoms with Crippen LogP contribution in [0.3, 0.4) is 0 Å². The van der Waals surface area contributed by atoms with Crippen LogP contribution in [0.4, 0.5) is 13.2 Å². The molecular weight excluding hydrogens is 433 g/mol. The molecule has 1 aliphatic carbocycles. The van der Waals surface area contributed by atoms with Crippen molar-refractivity contribution in [2.45, 2.75) is 37.0 Å². The minimum absolute atomic E-state index is 0.0611. The summed E-state index contributed by atoms with van der Waals surface area (Å²) in [5.41, 5.74) is 1.07. The Morgan fingerprint density at radius 2 is 1.79 bits per heavy atom. The number of carbonyl (C=O) groups is 1. The second kappa shape index (κ2) is 7.21. The average Bonchev–Trinajstić information content (AvgIpc) is 3.46. The smallest absolute Gasteiger partial charge is 0.416 e. The maximum atomic E-state index is 13.1. The van der Waals surface area contributed by atoms with E-state index >= 15 is 0 Å². The molecule has 2 bridgehead atoms. The van der Waals surface area contributed by atoms with E-state index in [9.17, 15) is 18.0 Å².